The summed E-state index contributed by atoms with van der Waals surface area (Å²) < 4.78 is 0. The number of aliphatic carboxylic acids is 2. The largest absolute Gasteiger partial charge is 2.00 e. The molecule has 0 aromatic heterocycles. The first-order valence-corrected chi connectivity index (χ1v) is 15.9. The number of benzene rings is 3. The Labute approximate surface area is 290 Å². The minimum absolute atomic E-state index is 0. The maximum atomic E-state index is 10.8. The summed E-state index contributed by atoms with van der Waals surface area (Å²) in [6, 6.07) is 16.0. The number of carboxylic acids is 2. The molecule has 0 amide bonds. The minimum Gasteiger partial charge on any atom is -0.550 e. The second-order valence-electron chi connectivity index (χ2n) is 11.8. The maximum absolute atomic E-state index is 10.8. The van der Waals surface area contributed by atoms with Crippen molar-refractivity contribution in [2.75, 3.05) is 0 Å². The number of aliphatic imine (C=N–C) groups is 2. The van der Waals surface area contributed by atoms with E-state index in [4.69, 9.17) is 19.8 Å². The van der Waals surface area contributed by atoms with E-state index in [0.29, 0.717) is 11.5 Å². The van der Waals surface area contributed by atoms with E-state index in [0.717, 1.165) is 86.0 Å². The quantitative estimate of drug-likeness (QED) is 0.195. The van der Waals surface area contributed by atoms with E-state index in [-0.39, 0.29) is 28.6 Å². The molecule has 257 valence electrons. The molecule has 0 fully saturated rings. The Morgan fingerprint density at radius 1 is 0.681 bits per heavy atom. The molecule has 1 radical (unpaired) electrons. The van der Waals surface area contributed by atoms with Crippen LogP contribution in [0.25, 0.3) is 0 Å². The molecule has 3 aromatic rings. The number of aryl methyl sites for hydroxylation is 2. The molecule has 3 aromatic carbocycles. The number of unbranched alkanes of at least 4 members (excludes halogenated alkanes) is 2. The summed E-state index contributed by atoms with van der Waals surface area (Å²) >= 11 is 0. The molecule has 47 heavy (non-hydrogen) atoms. The van der Waals surface area contributed by atoms with Crippen molar-refractivity contribution in [1.82, 2.24) is 0 Å². The molecule has 0 bridgehead atoms. The van der Waals surface area contributed by atoms with Crippen LogP contribution >= 0.6 is 0 Å². The zero-order valence-electron chi connectivity index (χ0n) is 28.9. The molecule has 0 aliphatic rings. The van der Waals surface area contributed by atoms with Gasteiger partial charge < -0.3 is 30.0 Å². The number of rotatable bonds is 12. The number of nitrogens with zero attached hydrogens (tertiary/aromatic N) is 2. The molecule has 0 saturated carbocycles. The Kier molecular flexibility index (Phi) is 20.7. The Balaban J connectivity index is 0.00000211. The number of carbonyl (C=O) groups is 2. The smallest absolute Gasteiger partial charge is 0.550 e. The fraction of sp³-hybridized carbons (Fsp3) is 0.421. The Hall–Kier alpha value is -3.95. The Morgan fingerprint density at radius 3 is 1.23 bits per heavy atom. The molecule has 2 N–H and O–H groups in total. The van der Waals surface area contributed by atoms with Gasteiger partial charge in [-0.25, -0.2) is 0 Å². The number of hydrogen-bond donors (Lipinski definition) is 2. The van der Waals surface area contributed by atoms with Gasteiger partial charge in [0.25, 0.3) is 0 Å². The van der Waals surface area contributed by atoms with E-state index in [1.165, 1.54) is 11.1 Å². The van der Waals surface area contributed by atoms with Gasteiger partial charge in [0.1, 0.15) is 11.5 Å². The Bertz CT molecular complexity index is 1350. The van der Waals surface area contributed by atoms with Gasteiger partial charge in [0.05, 0.1) is 11.4 Å². The van der Waals surface area contributed by atoms with Crippen LogP contribution in [0.4, 0.5) is 11.4 Å². The van der Waals surface area contributed by atoms with Crippen LogP contribution in [0.2, 0.25) is 0 Å². The molecule has 8 nitrogen and oxygen atoms in total. The van der Waals surface area contributed by atoms with Crippen molar-refractivity contribution in [2.45, 2.75) is 106 Å². The summed E-state index contributed by atoms with van der Waals surface area (Å²) in [5, 5.41) is 39.4. The molecule has 0 atom stereocenters. The van der Waals surface area contributed by atoms with Crippen LogP contribution in [0.15, 0.2) is 58.5 Å². The zero-order chi connectivity index (χ0) is 34.8. The van der Waals surface area contributed by atoms with E-state index in [9.17, 15) is 10.2 Å². The fourth-order valence-electron chi connectivity index (χ4n) is 4.53. The van der Waals surface area contributed by atoms with Crippen molar-refractivity contribution in [3.05, 3.63) is 81.9 Å². The normalized spacial score (nSPS) is 10.8. The van der Waals surface area contributed by atoms with E-state index >= 15 is 0 Å². The molecule has 0 heterocycles. The van der Waals surface area contributed by atoms with E-state index in [1.54, 1.807) is 12.4 Å². The van der Waals surface area contributed by atoms with Crippen molar-refractivity contribution in [1.29, 1.82) is 0 Å². The summed E-state index contributed by atoms with van der Waals surface area (Å²) in [6.45, 7) is 14.7. The van der Waals surface area contributed by atoms with Gasteiger partial charge in [-0.05, 0) is 110 Å². The number of hydrogen-bond acceptors (Lipinski definition) is 8. The predicted molar refractivity (Wildman–Crippen MR) is 184 cm³/mol. The first-order chi connectivity index (χ1) is 21.7. The van der Waals surface area contributed by atoms with Gasteiger partial charge in [-0.2, -0.15) is 0 Å². The van der Waals surface area contributed by atoms with Crippen molar-refractivity contribution in [2.24, 2.45) is 9.98 Å². The summed E-state index contributed by atoms with van der Waals surface area (Å²) in [5.41, 5.74) is 7.50. The number of carboxylic acid groups (broad SMARTS) is 2. The van der Waals surface area contributed by atoms with Gasteiger partial charge in [0, 0.05) is 35.5 Å². The summed E-state index contributed by atoms with van der Waals surface area (Å²) in [4.78, 5) is 27.0. The minimum atomic E-state index is -1.08. The number of carbonyl (C=O) groups excluding carboxylic acids is 2. The second-order valence-corrected chi connectivity index (χ2v) is 11.8. The monoisotopic (exact) mass is 689 g/mol. The SMILES string of the molecule is CC(=O)[O-].CC(=O)[O-].CCCCc1cc(C=Nc2ccc(N=Cc3cc(CCCC)cc(C(C)C)c3O)cc2)c(O)c(C(C)C)c1.[Co+2]. The predicted octanol–water partition coefficient (Wildman–Crippen LogP) is 7.04. The third-order valence-corrected chi connectivity index (χ3v) is 6.89. The van der Waals surface area contributed by atoms with E-state index in [1.807, 2.05) is 36.4 Å². The average molecular weight is 690 g/mol. The van der Waals surface area contributed by atoms with Crippen LogP contribution in [0, 0.1) is 0 Å². The van der Waals surface area contributed by atoms with E-state index < -0.39 is 11.9 Å². The second kappa shape index (κ2) is 22.6. The van der Waals surface area contributed by atoms with Gasteiger partial charge in [-0.1, -0.05) is 66.5 Å². The van der Waals surface area contributed by atoms with Crippen LogP contribution < -0.4 is 10.2 Å². The summed E-state index contributed by atoms with van der Waals surface area (Å²) in [5.74, 6) is -1.06. The van der Waals surface area contributed by atoms with Crippen LogP contribution in [0.3, 0.4) is 0 Å². The molecular weight excluding hydrogens is 639 g/mol. The Morgan fingerprint density at radius 2 is 0.979 bits per heavy atom. The first kappa shape index (κ1) is 43.0. The molecular formula is C38H50CoN2O6. The average Bonchev–Trinajstić information content (AvgIpc) is 2.98. The van der Waals surface area contributed by atoms with E-state index in [2.05, 4.69) is 63.7 Å². The molecule has 0 spiro atoms. The number of phenolic OH excluding ortho intramolecular Hbond substituents is 2. The number of phenols is 2. The third-order valence-electron chi connectivity index (χ3n) is 6.89. The molecule has 0 saturated heterocycles. The molecule has 3 rings (SSSR count). The molecule has 0 unspecified atom stereocenters. The van der Waals surface area contributed by atoms with Gasteiger partial charge >= 0.3 is 16.8 Å². The van der Waals surface area contributed by atoms with Crippen LogP contribution in [0.5, 0.6) is 11.5 Å². The molecule has 0 aliphatic heterocycles. The topological polar surface area (TPSA) is 145 Å². The molecule has 0 aliphatic carbocycles. The third kappa shape index (κ3) is 16.4. The van der Waals surface area contributed by atoms with Crippen molar-refractivity contribution < 1.29 is 46.8 Å². The maximum Gasteiger partial charge on any atom is 2.00 e. The zero-order valence-corrected chi connectivity index (χ0v) is 30.0. The van der Waals surface area contributed by atoms with Crippen LogP contribution in [-0.4, -0.2) is 34.6 Å². The standard InChI is InChI=1S/C34H44N2O2.2C2H4O2.Co/c1-7-9-11-25-17-27(33(37)31(19-25)23(3)4)21-35-29-13-15-30(16-14-29)36-22-28-18-26(12-10-8-2)20-32(24(5)6)34(28)38;2*1-2(3)4;/h13-24,37-38H,7-12H2,1-6H3;2*1H3,(H,3,4);/q;;;+2/p-2. The van der Waals surface area contributed by atoms with Gasteiger partial charge in [0.15, 0.2) is 0 Å². The summed E-state index contributed by atoms with van der Waals surface area (Å²) in [7, 11) is 0. The van der Waals surface area contributed by atoms with Crippen LogP contribution in [-0.2, 0) is 39.2 Å². The molecule has 9 heteroatoms. The van der Waals surface area contributed by atoms with Crippen molar-refractivity contribution in [3.63, 3.8) is 0 Å². The van der Waals surface area contributed by atoms with Gasteiger partial charge in [0.2, 0.25) is 0 Å². The van der Waals surface area contributed by atoms with Gasteiger partial charge in [-0.15, -0.1) is 0 Å². The van der Waals surface area contributed by atoms with Crippen molar-refractivity contribution in [3.8, 4) is 11.5 Å². The first-order valence-electron chi connectivity index (χ1n) is 15.9. The van der Waals surface area contributed by atoms with Crippen molar-refractivity contribution >= 4 is 35.7 Å². The fourth-order valence-corrected chi connectivity index (χ4v) is 4.53. The van der Waals surface area contributed by atoms with Crippen LogP contribution in [0.1, 0.15) is 126 Å². The summed E-state index contributed by atoms with van der Waals surface area (Å²) in [6.07, 6.45) is 10.0. The van der Waals surface area contributed by atoms with Gasteiger partial charge in [-0.3, -0.25) is 9.98 Å². The number of aromatic hydroxyl groups is 2.